The predicted molar refractivity (Wildman–Crippen MR) is 79.9 cm³/mol. The van der Waals surface area contributed by atoms with Crippen molar-refractivity contribution in [2.45, 2.75) is 4.90 Å². The zero-order chi connectivity index (χ0) is 13.2. The molecule has 0 aliphatic carbocycles. The highest BCUT2D eigenvalue weighted by Crippen LogP contribution is 2.44. The average Bonchev–Trinajstić information content (AvgIpc) is 2.38. The van der Waals surface area contributed by atoms with Crippen LogP contribution in [0.15, 0.2) is 59.5 Å². The molecule has 0 spiro atoms. The second-order valence-corrected chi connectivity index (χ2v) is 9.20. The largest absolute Gasteiger partial charge is 0.289 e. The molecule has 2 aromatic carbocycles. The molecule has 0 aliphatic rings. The fourth-order valence-electron chi connectivity index (χ4n) is 1.77. The van der Waals surface area contributed by atoms with Gasteiger partial charge in [0.2, 0.25) is 0 Å². The van der Waals surface area contributed by atoms with Crippen LogP contribution in [0.3, 0.4) is 0 Å². The van der Waals surface area contributed by atoms with Crippen molar-refractivity contribution in [3.63, 3.8) is 0 Å². The molecule has 0 bridgehead atoms. The summed E-state index contributed by atoms with van der Waals surface area (Å²) in [6, 6.07) is 17.4. The van der Waals surface area contributed by atoms with Gasteiger partial charge in [-0.25, -0.2) is 10.0 Å². The lowest BCUT2D eigenvalue weighted by Gasteiger charge is -2.25. The van der Waals surface area contributed by atoms with Crippen molar-refractivity contribution in [1.82, 2.24) is 0 Å². The summed E-state index contributed by atoms with van der Waals surface area (Å²) in [6.07, 6.45) is 6.75. The zero-order valence-electron chi connectivity index (χ0n) is 11.0. The Morgan fingerprint density at radius 1 is 0.778 bits per heavy atom. The molecule has 0 aromatic heterocycles. The molecule has 0 atom stereocenters. The maximum atomic E-state index is 12.2. The van der Waals surface area contributed by atoms with Gasteiger partial charge in [0.1, 0.15) is 0 Å². The van der Waals surface area contributed by atoms with Crippen molar-refractivity contribution >= 4 is 15.8 Å². The van der Waals surface area contributed by atoms with Gasteiger partial charge in [0, 0.05) is 11.1 Å². The topological polar surface area (TPSA) is 17.1 Å². The minimum Gasteiger partial charge on any atom is -0.289 e. The SMILES string of the molecule is CS(C)(C)c1ccc(C(=O)c2ccccc2)cc1. The molecule has 0 aliphatic heterocycles. The second kappa shape index (κ2) is 4.99. The molecule has 0 fully saturated rings. The minimum absolute atomic E-state index is 0.0889. The lowest BCUT2D eigenvalue weighted by atomic mass is 10.0. The second-order valence-electron chi connectivity index (χ2n) is 5.06. The highest BCUT2D eigenvalue weighted by Gasteiger charge is 2.11. The van der Waals surface area contributed by atoms with Crippen molar-refractivity contribution in [2.24, 2.45) is 0 Å². The summed E-state index contributed by atoms with van der Waals surface area (Å²) in [4.78, 5) is 13.5. The van der Waals surface area contributed by atoms with Gasteiger partial charge in [0.25, 0.3) is 0 Å². The Hall–Kier alpha value is -1.54. The van der Waals surface area contributed by atoms with Gasteiger partial charge in [-0.1, -0.05) is 30.3 Å². The Kier molecular flexibility index (Phi) is 3.58. The Morgan fingerprint density at radius 2 is 1.28 bits per heavy atom. The van der Waals surface area contributed by atoms with Gasteiger partial charge in [-0.05, 0) is 47.9 Å². The summed E-state index contributed by atoms with van der Waals surface area (Å²) in [7, 11) is -0.721. The van der Waals surface area contributed by atoms with E-state index in [2.05, 4.69) is 30.9 Å². The third-order valence-corrected chi connectivity index (χ3v) is 4.55. The van der Waals surface area contributed by atoms with Gasteiger partial charge in [-0.3, -0.25) is 4.79 Å². The lowest BCUT2D eigenvalue weighted by Crippen LogP contribution is -2.01. The van der Waals surface area contributed by atoms with E-state index >= 15 is 0 Å². The van der Waals surface area contributed by atoms with E-state index in [1.807, 2.05) is 42.5 Å². The first-order valence-corrected chi connectivity index (χ1v) is 8.72. The van der Waals surface area contributed by atoms with E-state index < -0.39 is 10.0 Å². The van der Waals surface area contributed by atoms with Crippen molar-refractivity contribution < 1.29 is 4.79 Å². The monoisotopic (exact) mass is 258 g/mol. The maximum absolute atomic E-state index is 12.2. The molecule has 0 radical (unpaired) electrons. The molecule has 2 heteroatoms. The van der Waals surface area contributed by atoms with E-state index in [-0.39, 0.29) is 5.78 Å². The van der Waals surface area contributed by atoms with Crippen LogP contribution in [0.2, 0.25) is 0 Å². The number of benzene rings is 2. The van der Waals surface area contributed by atoms with Crippen molar-refractivity contribution in [1.29, 1.82) is 0 Å². The molecule has 0 heterocycles. The number of hydrogen-bond donors (Lipinski definition) is 0. The van der Waals surface area contributed by atoms with Crippen LogP contribution in [0.25, 0.3) is 0 Å². The number of carbonyl (C=O) groups is 1. The summed E-state index contributed by atoms with van der Waals surface area (Å²) < 4.78 is 0. The van der Waals surface area contributed by atoms with Gasteiger partial charge in [0.05, 0.1) is 0 Å². The molecule has 2 rings (SSSR count). The normalized spacial score (nSPS) is 12.2. The van der Waals surface area contributed by atoms with Crippen LogP contribution in [-0.4, -0.2) is 24.6 Å². The van der Waals surface area contributed by atoms with E-state index in [4.69, 9.17) is 0 Å². The Balaban J connectivity index is 2.28. The first kappa shape index (κ1) is 12.9. The van der Waals surface area contributed by atoms with Gasteiger partial charge >= 0.3 is 0 Å². The third kappa shape index (κ3) is 2.82. The molecule has 18 heavy (non-hydrogen) atoms. The van der Waals surface area contributed by atoms with Crippen LogP contribution >= 0.6 is 10.0 Å². The fourth-order valence-corrected chi connectivity index (χ4v) is 2.72. The van der Waals surface area contributed by atoms with Crippen LogP contribution < -0.4 is 0 Å². The lowest BCUT2D eigenvalue weighted by molar-refractivity contribution is 0.103. The van der Waals surface area contributed by atoms with E-state index in [0.29, 0.717) is 0 Å². The van der Waals surface area contributed by atoms with Crippen molar-refractivity contribution in [3.8, 4) is 0 Å². The highest BCUT2D eigenvalue weighted by atomic mass is 32.3. The van der Waals surface area contributed by atoms with Crippen LogP contribution in [0.1, 0.15) is 15.9 Å². The smallest absolute Gasteiger partial charge is 0.193 e. The van der Waals surface area contributed by atoms with E-state index in [1.165, 1.54) is 4.90 Å². The number of ketones is 1. The maximum Gasteiger partial charge on any atom is 0.193 e. The number of carbonyl (C=O) groups excluding carboxylic acids is 1. The van der Waals surface area contributed by atoms with E-state index in [0.717, 1.165) is 11.1 Å². The van der Waals surface area contributed by atoms with Crippen LogP contribution in [0.4, 0.5) is 0 Å². The van der Waals surface area contributed by atoms with Gasteiger partial charge in [-0.2, -0.15) is 0 Å². The molecule has 0 saturated heterocycles. The van der Waals surface area contributed by atoms with Crippen molar-refractivity contribution in [3.05, 3.63) is 65.7 Å². The Labute approximate surface area is 110 Å². The predicted octanol–water partition coefficient (Wildman–Crippen LogP) is 3.97. The van der Waals surface area contributed by atoms with Gasteiger partial charge in [-0.15, -0.1) is 0 Å². The molecule has 0 saturated carbocycles. The molecule has 1 nitrogen and oxygen atoms in total. The summed E-state index contributed by atoms with van der Waals surface area (Å²) in [5.74, 6) is 0.0889. The minimum atomic E-state index is -0.721. The Morgan fingerprint density at radius 3 is 1.78 bits per heavy atom. The zero-order valence-corrected chi connectivity index (χ0v) is 11.8. The Bertz CT molecular complexity index is 536. The standard InChI is InChI=1S/C16H18OS/c1-18(2,3)15-11-9-14(10-12-15)16(17)13-7-5-4-6-8-13/h4-12H,1-3H3. The molecule has 94 valence electrons. The summed E-state index contributed by atoms with van der Waals surface area (Å²) >= 11 is 0. The van der Waals surface area contributed by atoms with E-state index in [1.54, 1.807) is 0 Å². The summed E-state index contributed by atoms with van der Waals surface area (Å²) in [5, 5.41) is 0. The molecule has 2 aromatic rings. The van der Waals surface area contributed by atoms with Crippen molar-refractivity contribution in [2.75, 3.05) is 18.8 Å². The molecule has 0 unspecified atom stereocenters. The fraction of sp³-hybridized carbons (Fsp3) is 0.188. The highest BCUT2D eigenvalue weighted by molar-refractivity contribution is 8.32. The first-order valence-electron chi connectivity index (χ1n) is 5.87. The number of rotatable bonds is 3. The summed E-state index contributed by atoms with van der Waals surface area (Å²) in [6.45, 7) is 0. The molecule has 0 N–H and O–H groups in total. The number of hydrogen-bond acceptors (Lipinski definition) is 1. The van der Waals surface area contributed by atoms with Crippen LogP contribution in [-0.2, 0) is 0 Å². The van der Waals surface area contributed by atoms with Gasteiger partial charge in [0.15, 0.2) is 5.78 Å². The molecule has 0 amide bonds. The van der Waals surface area contributed by atoms with Crippen LogP contribution in [0.5, 0.6) is 0 Å². The molecular formula is C16H18OS. The quantitative estimate of drug-likeness (QED) is 0.761. The van der Waals surface area contributed by atoms with E-state index in [9.17, 15) is 4.79 Å². The molecular weight excluding hydrogens is 240 g/mol. The first-order chi connectivity index (χ1) is 8.48. The van der Waals surface area contributed by atoms with Gasteiger partial charge < -0.3 is 0 Å². The average molecular weight is 258 g/mol. The van der Waals surface area contributed by atoms with Crippen LogP contribution in [0, 0.1) is 0 Å². The summed E-state index contributed by atoms with van der Waals surface area (Å²) in [5.41, 5.74) is 1.50. The third-order valence-electron chi connectivity index (χ3n) is 2.86.